The first-order chi connectivity index (χ1) is 28.7. The maximum atomic E-state index is 13.4. The summed E-state index contributed by atoms with van der Waals surface area (Å²) < 4.78 is 11.4. The lowest BCUT2D eigenvalue weighted by atomic mass is 9.87. The highest BCUT2D eigenvalue weighted by atomic mass is 35.5. The van der Waals surface area contributed by atoms with Crippen molar-refractivity contribution in [1.29, 1.82) is 0 Å². The Morgan fingerprint density at radius 3 is 2.30 bits per heavy atom. The van der Waals surface area contributed by atoms with Crippen LogP contribution in [0.5, 0.6) is 5.88 Å². The van der Waals surface area contributed by atoms with Crippen LogP contribution in [0.3, 0.4) is 0 Å². The van der Waals surface area contributed by atoms with Crippen LogP contribution in [-0.4, -0.2) is 72.5 Å². The molecule has 4 unspecified atom stereocenters. The highest BCUT2D eigenvalue weighted by Crippen LogP contribution is 2.45. The number of hydrogen-bond donors (Lipinski definition) is 2. The Morgan fingerprint density at radius 2 is 1.70 bits per heavy atom. The third-order valence-electron chi connectivity index (χ3n) is 11.7. The molecule has 1 fully saturated rings. The average molecular weight is 845 g/mol. The molecular formula is C49H70ClN5O5. The summed E-state index contributed by atoms with van der Waals surface area (Å²) >= 11 is 7.18. The third kappa shape index (κ3) is 11.2. The highest BCUT2D eigenvalue weighted by molar-refractivity contribution is 6.36. The van der Waals surface area contributed by atoms with Gasteiger partial charge in [-0.15, -0.1) is 0 Å². The molecule has 1 saturated heterocycles. The lowest BCUT2D eigenvalue weighted by Crippen LogP contribution is -2.52. The number of ether oxygens (including phenoxy) is 2. The molecule has 3 aliphatic rings. The number of morpholine rings is 1. The van der Waals surface area contributed by atoms with Gasteiger partial charge in [-0.3, -0.25) is 19.3 Å². The van der Waals surface area contributed by atoms with Crippen LogP contribution in [0.25, 0.3) is 22.4 Å². The number of halogens is 1. The van der Waals surface area contributed by atoms with Crippen LogP contribution in [0.1, 0.15) is 130 Å². The van der Waals surface area contributed by atoms with Gasteiger partial charge in [-0.05, 0) is 78.7 Å². The van der Waals surface area contributed by atoms with E-state index in [4.69, 9.17) is 26.1 Å². The summed E-state index contributed by atoms with van der Waals surface area (Å²) in [6.07, 6.45) is 7.60. The molecule has 0 saturated carbocycles. The average Bonchev–Trinajstić information content (AvgIpc) is 3.66. The number of aryl methyl sites for hydroxylation is 1. The van der Waals surface area contributed by atoms with Crippen LogP contribution in [0, 0.1) is 5.92 Å². The number of aromatic nitrogens is 1. The van der Waals surface area contributed by atoms with Gasteiger partial charge in [0.2, 0.25) is 11.8 Å². The number of likely N-dealkylation sites (N-methyl/N-ethyl adjacent to an activating group) is 1. The second kappa shape index (κ2) is 22.8. The van der Waals surface area contributed by atoms with Crippen molar-refractivity contribution < 1.29 is 23.9 Å². The molecule has 0 radical (unpaired) electrons. The predicted molar refractivity (Wildman–Crippen MR) is 247 cm³/mol. The minimum atomic E-state index is -0.476. The van der Waals surface area contributed by atoms with Gasteiger partial charge in [0, 0.05) is 49.2 Å². The van der Waals surface area contributed by atoms with E-state index in [1.54, 1.807) is 26.1 Å². The van der Waals surface area contributed by atoms with Gasteiger partial charge in [0.15, 0.2) is 0 Å². The van der Waals surface area contributed by atoms with Gasteiger partial charge in [0.25, 0.3) is 11.8 Å². The number of carbonyl (C=O) groups is 3. The van der Waals surface area contributed by atoms with Crippen LogP contribution in [0.4, 0.5) is 5.69 Å². The summed E-state index contributed by atoms with van der Waals surface area (Å²) in [7, 11) is 5.02. The maximum Gasteiger partial charge on any atom is 0.266 e. The van der Waals surface area contributed by atoms with Gasteiger partial charge in [0.05, 0.1) is 23.4 Å². The minimum absolute atomic E-state index is 0.0122. The molecule has 4 atom stereocenters. The number of rotatable bonds is 11. The Labute approximate surface area is 365 Å². The van der Waals surface area contributed by atoms with Crippen molar-refractivity contribution in [3.05, 3.63) is 88.4 Å². The number of nitrogens with one attached hydrogen (secondary N) is 2. The summed E-state index contributed by atoms with van der Waals surface area (Å²) in [5.41, 5.74) is 7.33. The standard InChI is InChI=1S/C34H37ClN4O3.C11H21NO2.2C2H6/c1-8-19(2)30-23(11-10-14-27(30)36-32(40)26-18-38(5)21(4)39(6)34(26)41)24-12-9-13-25(31(24)35)28-17-22-16-15-20(3)29(22)33(37-28)42-7;1-4-9(3)6-11(5-2)8-12-10(13)7-14-11;2*1-2/h9-14,17-20H,4,8,15-16H2,1-3,5-7H3,(H,36,40);9H,4-8H2,1-3H3,(H,12,13);2*1-2H3. The molecule has 0 bridgehead atoms. The lowest BCUT2D eigenvalue weighted by Gasteiger charge is -2.38. The number of pyridine rings is 1. The maximum absolute atomic E-state index is 13.4. The molecule has 1 aliphatic carbocycles. The van der Waals surface area contributed by atoms with Crippen molar-refractivity contribution in [3.63, 3.8) is 0 Å². The Morgan fingerprint density at radius 1 is 1.05 bits per heavy atom. The number of methoxy groups -OCH3 is 1. The molecule has 11 heteroatoms. The molecule has 3 heterocycles. The molecule has 1 aromatic heterocycles. The normalized spacial score (nSPS) is 19.2. The van der Waals surface area contributed by atoms with Crippen molar-refractivity contribution in [2.45, 2.75) is 125 Å². The molecule has 10 nitrogen and oxygen atoms in total. The van der Waals surface area contributed by atoms with Gasteiger partial charge < -0.3 is 25.0 Å². The Hall–Kier alpha value is -4.67. The van der Waals surface area contributed by atoms with E-state index in [0.717, 1.165) is 60.1 Å². The smallest absolute Gasteiger partial charge is 0.266 e. The lowest BCUT2D eigenvalue weighted by molar-refractivity contribution is -0.146. The Bertz CT molecular complexity index is 2000. The van der Waals surface area contributed by atoms with Crippen molar-refractivity contribution in [1.82, 2.24) is 20.1 Å². The van der Waals surface area contributed by atoms with Crippen LogP contribution in [0.15, 0.2) is 66.6 Å². The topological polar surface area (TPSA) is 113 Å². The van der Waals surface area contributed by atoms with E-state index < -0.39 is 11.8 Å². The first-order valence-electron chi connectivity index (χ1n) is 21.8. The van der Waals surface area contributed by atoms with Crippen LogP contribution < -0.4 is 15.4 Å². The monoisotopic (exact) mass is 844 g/mol. The number of fused-ring (bicyclic) bond motifs is 1. The minimum Gasteiger partial charge on any atom is -0.481 e. The zero-order chi connectivity index (χ0) is 44.9. The van der Waals surface area contributed by atoms with Crippen molar-refractivity contribution in [2.24, 2.45) is 5.92 Å². The number of amides is 3. The van der Waals surface area contributed by atoms with Crippen molar-refractivity contribution in [3.8, 4) is 28.3 Å². The fraction of sp³-hybridized carbons (Fsp3) is 0.510. The van der Waals surface area contributed by atoms with Gasteiger partial charge in [0.1, 0.15) is 18.0 Å². The van der Waals surface area contributed by atoms with Crippen LogP contribution in [0.2, 0.25) is 5.02 Å². The molecular weight excluding hydrogens is 774 g/mol. The van der Waals surface area contributed by atoms with E-state index in [1.165, 1.54) is 28.6 Å². The van der Waals surface area contributed by atoms with Crippen molar-refractivity contribution in [2.75, 3.05) is 39.7 Å². The second-order valence-corrected chi connectivity index (χ2v) is 15.9. The highest BCUT2D eigenvalue weighted by Gasteiger charge is 2.35. The number of carbonyl (C=O) groups excluding carboxylic acids is 3. The molecule has 2 N–H and O–H groups in total. The Balaban J connectivity index is 0.000000449. The third-order valence-corrected chi connectivity index (χ3v) is 12.1. The number of hydrogen-bond acceptors (Lipinski definition) is 7. The van der Waals surface area contributed by atoms with E-state index in [2.05, 4.69) is 64.8 Å². The molecule has 2 aromatic carbocycles. The van der Waals surface area contributed by atoms with E-state index in [0.29, 0.717) is 40.8 Å². The van der Waals surface area contributed by atoms with E-state index >= 15 is 0 Å². The summed E-state index contributed by atoms with van der Waals surface area (Å²) in [5, 5.41) is 6.49. The number of anilines is 1. The number of benzene rings is 2. The second-order valence-electron chi connectivity index (χ2n) is 15.5. The van der Waals surface area contributed by atoms with Gasteiger partial charge in [-0.25, -0.2) is 4.98 Å². The Kier molecular flexibility index (Phi) is 18.9. The van der Waals surface area contributed by atoms with E-state index in [9.17, 15) is 14.4 Å². The number of nitrogens with zero attached hydrogens (tertiary/aromatic N) is 3. The molecule has 3 aromatic rings. The molecule has 2 aliphatic heterocycles. The zero-order valence-corrected chi connectivity index (χ0v) is 39.2. The first-order valence-corrected chi connectivity index (χ1v) is 22.2. The molecule has 60 heavy (non-hydrogen) atoms. The van der Waals surface area contributed by atoms with E-state index in [1.807, 2.05) is 64.1 Å². The summed E-state index contributed by atoms with van der Waals surface area (Å²) in [6.45, 7) is 25.8. The summed E-state index contributed by atoms with van der Waals surface area (Å²) in [5.74, 6) is 1.45. The van der Waals surface area contributed by atoms with Gasteiger partial charge in [-0.2, -0.15) is 0 Å². The van der Waals surface area contributed by atoms with Crippen LogP contribution in [-0.2, 0) is 25.5 Å². The molecule has 3 amide bonds. The largest absolute Gasteiger partial charge is 0.481 e. The SMILES string of the molecule is C=C1N(C)C=C(C(=O)Nc2cccc(-c3cccc(-c4cc5c(c(OC)n4)C(C)CC5)c3Cl)c2C(C)CC)C(=O)N1C.CC.CC.CCC(C)CC1(CC)CNC(=O)CO1. The fourth-order valence-electron chi connectivity index (χ4n) is 7.77. The molecule has 0 spiro atoms. The molecule has 328 valence electrons. The summed E-state index contributed by atoms with van der Waals surface area (Å²) in [4.78, 5) is 45.2. The van der Waals surface area contributed by atoms with Crippen molar-refractivity contribution >= 4 is 35.0 Å². The first kappa shape index (κ1) is 49.7. The van der Waals surface area contributed by atoms with Crippen LogP contribution >= 0.6 is 11.6 Å². The zero-order valence-electron chi connectivity index (χ0n) is 38.5. The predicted octanol–water partition coefficient (Wildman–Crippen LogP) is 11.1. The van der Waals surface area contributed by atoms with Gasteiger partial charge >= 0.3 is 0 Å². The molecule has 6 rings (SSSR count). The summed E-state index contributed by atoms with van der Waals surface area (Å²) in [6, 6.07) is 13.9. The van der Waals surface area contributed by atoms with E-state index in [-0.39, 0.29) is 29.6 Å². The van der Waals surface area contributed by atoms with Gasteiger partial charge in [-0.1, -0.05) is 124 Å². The quantitative estimate of drug-likeness (QED) is 0.185. The fourth-order valence-corrected chi connectivity index (χ4v) is 8.10.